The lowest BCUT2D eigenvalue weighted by Crippen LogP contribution is -2.20. The van der Waals surface area contributed by atoms with E-state index in [4.69, 9.17) is 9.47 Å². The van der Waals surface area contributed by atoms with Crippen LogP contribution in [-0.4, -0.2) is 24.8 Å². The number of ketones is 1. The summed E-state index contributed by atoms with van der Waals surface area (Å²) >= 11 is 0. The van der Waals surface area contributed by atoms with E-state index in [0.717, 1.165) is 0 Å². The van der Waals surface area contributed by atoms with Crippen molar-refractivity contribution in [3.05, 3.63) is 19.1 Å². The molecule has 1 aliphatic carbocycles. The van der Waals surface area contributed by atoms with Gasteiger partial charge in [-0.05, 0) is 13.0 Å². The second kappa shape index (κ2) is 4.38. The van der Waals surface area contributed by atoms with Crippen molar-refractivity contribution in [2.24, 2.45) is 0 Å². The molecule has 1 radical (unpaired) electrons. The van der Waals surface area contributed by atoms with E-state index in [1.165, 1.54) is 6.08 Å². The van der Waals surface area contributed by atoms with Gasteiger partial charge in [-0.25, -0.2) is 0 Å². The Kier molecular flexibility index (Phi) is 3.44. The summed E-state index contributed by atoms with van der Waals surface area (Å²) in [5.74, 6) is 0.101. The van der Waals surface area contributed by atoms with Crippen LogP contribution in [-0.2, 0) is 14.3 Å². The molecule has 1 aliphatic rings. The maximum atomic E-state index is 10.8. The molecule has 0 fully saturated rings. The molecule has 0 N–H and O–H groups in total. The van der Waals surface area contributed by atoms with Crippen molar-refractivity contribution in [3.8, 4) is 0 Å². The van der Waals surface area contributed by atoms with Crippen molar-refractivity contribution >= 4 is 5.78 Å². The molecule has 0 amide bonds. The van der Waals surface area contributed by atoms with E-state index in [1.54, 1.807) is 6.08 Å². The molecular formula is C9H13O3. The molecule has 0 aromatic heterocycles. The first kappa shape index (κ1) is 9.42. The van der Waals surface area contributed by atoms with E-state index in [9.17, 15) is 4.79 Å². The Morgan fingerprint density at radius 3 is 3.08 bits per heavy atom. The summed E-state index contributed by atoms with van der Waals surface area (Å²) in [7, 11) is 0. The molecule has 12 heavy (non-hydrogen) atoms. The predicted molar refractivity (Wildman–Crippen MR) is 44.4 cm³/mol. The molecule has 0 aromatic rings. The molecule has 2 atom stereocenters. The highest BCUT2D eigenvalue weighted by Gasteiger charge is 2.18. The summed E-state index contributed by atoms with van der Waals surface area (Å²) < 4.78 is 10.3. The summed E-state index contributed by atoms with van der Waals surface area (Å²) in [5, 5.41) is 0. The van der Waals surface area contributed by atoms with Crippen LogP contribution in [0, 0.1) is 6.92 Å². The first-order valence-electron chi connectivity index (χ1n) is 4.03. The largest absolute Gasteiger partial charge is 0.353 e. The van der Waals surface area contributed by atoms with Gasteiger partial charge in [0.25, 0.3) is 0 Å². The van der Waals surface area contributed by atoms with Gasteiger partial charge in [0.15, 0.2) is 12.1 Å². The molecule has 0 saturated carbocycles. The molecule has 0 saturated heterocycles. The van der Waals surface area contributed by atoms with Crippen LogP contribution in [0.25, 0.3) is 0 Å². The van der Waals surface area contributed by atoms with Gasteiger partial charge in [0.2, 0.25) is 0 Å². The molecule has 0 bridgehead atoms. The van der Waals surface area contributed by atoms with Gasteiger partial charge in [-0.1, -0.05) is 6.08 Å². The molecular weight excluding hydrogens is 156 g/mol. The van der Waals surface area contributed by atoms with Crippen molar-refractivity contribution < 1.29 is 14.3 Å². The maximum Gasteiger partial charge on any atom is 0.158 e. The second-order valence-corrected chi connectivity index (χ2v) is 2.59. The number of carbonyl (C=O) groups is 1. The van der Waals surface area contributed by atoms with E-state index in [0.29, 0.717) is 13.0 Å². The van der Waals surface area contributed by atoms with Gasteiger partial charge in [0, 0.05) is 20.0 Å². The lowest BCUT2D eigenvalue weighted by Gasteiger charge is -2.16. The minimum Gasteiger partial charge on any atom is -0.353 e. The lowest BCUT2D eigenvalue weighted by atomic mass is 10.3. The van der Waals surface area contributed by atoms with E-state index >= 15 is 0 Å². The Labute approximate surface area is 72.4 Å². The molecule has 3 nitrogen and oxygen atoms in total. The number of rotatable bonds is 4. The number of carbonyl (C=O) groups excluding carboxylic acids is 1. The quantitative estimate of drug-likeness (QED) is 0.591. The highest BCUT2D eigenvalue weighted by molar-refractivity contribution is 5.92. The summed E-state index contributed by atoms with van der Waals surface area (Å²) in [6.07, 6.45) is 3.06. The zero-order valence-corrected chi connectivity index (χ0v) is 7.16. The highest BCUT2D eigenvalue weighted by atomic mass is 16.7. The van der Waals surface area contributed by atoms with Crippen LogP contribution in [0.3, 0.4) is 0 Å². The zero-order valence-electron chi connectivity index (χ0n) is 7.16. The average Bonchev–Trinajstić information content (AvgIpc) is 2.36. The van der Waals surface area contributed by atoms with Crippen LogP contribution >= 0.6 is 0 Å². The number of allylic oxidation sites excluding steroid dienone is 1. The minimum absolute atomic E-state index is 0.101. The number of hydrogen-bond donors (Lipinski definition) is 0. The Balaban J connectivity index is 2.23. The van der Waals surface area contributed by atoms with E-state index in [1.807, 2.05) is 6.92 Å². The van der Waals surface area contributed by atoms with Crippen LogP contribution < -0.4 is 0 Å². The third kappa shape index (κ3) is 2.75. The fourth-order valence-corrected chi connectivity index (χ4v) is 1.06. The van der Waals surface area contributed by atoms with Crippen LogP contribution in [0.4, 0.5) is 0 Å². The normalized spacial score (nSPS) is 24.8. The van der Waals surface area contributed by atoms with Gasteiger partial charge in [0.1, 0.15) is 0 Å². The molecule has 67 valence electrons. The molecule has 1 rings (SSSR count). The van der Waals surface area contributed by atoms with E-state index < -0.39 is 6.29 Å². The highest BCUT2D eigenvalue weighted by Crippen LogP contribution is 2.12. The summed E-state index contributed by atoms with van der Waals surface area (Å²) in [6.45, 7) is 6.07. The van der Waals surface area contributed by atoms with Gasteiger partial charge in [-0.2, -0.15) is 0 Å². The Morgan fingerprint density at radius 1 is 1.83 bits per heavy atom. The van der Waals surface area contributed by atoms with Gasteiger partial charge in [-0.15, -0.1) is 0 Å². The van der Waals surface area contributed by atoms with Crippen molar-refractivity contribution in [1.29, 1.82) is 0 Å². The SMILES string of the molecule is [CH2]C(OCC)OC1C=CC(=O)C1. The third-order valence-electron chi connectivity index (χ3n) is 1.58. The molecule has 3 heteroatoms. The van der Waals surface area contributed by atoms with Crippen molar-refractivity contribution in [2.75, 3.05) is 6.61 Å². The number of hydrogen-bond acceptors (Lipinski definition) is 3. The first-order valence-corrected chi connectivity index (χ1v) is 4.03. The van der Waals surface area contributed by atoms with Crippen LogP contribution in [0.1, 0.15) is 13.3 Å². The molecule has 0 heterocycles. The number of ether oxygens (including phenoxy) is 2. The predicted octanol–water partition coefficient (Wildman–Crippen LogP) is 1.10. The second-order valence-electron chi connectivity index (χ2n) is 2.59. The van der Waals surface area contributed by atoms with E-state index in [2.05, 4.69) is 6.92 Å². The zero-order chi connectivity index (χ0) is 8.97. The standard InChI is InChI=1S/C9H13O3/c1-3-11-7(2)12-9-5-4-8(10)6-9/h4-5,7,9H,2-3,6H2,1H3. The van der Waals surface area contributed by atoms with Gasteiger partial charge in [0.05, 0.1) is 6.10 Å². The molecule has 0 aromatic carbocycles. The lowest BCUT2D eigenvalue weighted by molar-refractivity contribution is -0.134. The third-order valence-corrected chi connectivity index (χ3v) is 1.58. The van der Waals surface area contributed by atoms with Crippen LogP contribution in [0.2, 0.25) is 0 Å². The van der Waals surface area contributed by atoms with Gasteiger partial charge in [-0.3, -0.25) is 4.79 Å². The summed E-state index contributed by atoms with van der Waals surface area (Å²) in [6, 6.07) is 0. The van der Waals surface area contributed by atoms with Crippen molar-refractivity contribution in [1.82, 2.24) is 0 Å². The topological polar surface area (TPSA) is 35.5 Å². The van der Waals surface area contributed by atoms with Gasteiger partial charge < -0.3 is 9.47 Å². The van der Waals surface area contributed by atoms with Crippen molar-refractivity contribution in [2.45, 2.75) is 25.7 Å². The maximum absolute atomic E-state index is 10.8. The Morgan fingerprint density at radius 2 is 2.58 bits per heavy atom. The van der Waals surface area contributed by atoms with Crippen LogP contribution in [0.15, 0.2) is 12.2 Å². The minimum atomic E-state index is -0.476. The first-order chi connectivity index (χ1) is 5.72. The van der Waals surface area contributed by atoms with E-state index in [-0.39, 0.29) is 11.9 Å². The summed E-state index contributed by atoms with van der Waals surface area (Å²) in [5.41, 5.74) is 0. The van der Waals surface area contributed by atoms with Crippen molar-refractivity contribution in [3.63, 3.8) is 0 Å². The molecule has 2 unspecified atom stereocenters. The smallest absolute Gasteiger partial charge is 0.158 e. The Hall–Kier alpha value is -0.670. The monoisotopic (exact) mass is 169 g/mol. The Bertz CT molecular complexity index is 186. The van der Waals surface area contributed by atoms with Gasteiger partial charge >= 0.3 is 0 Å². The average molecular weight is 169 g/mol. The molecule has 0 spiro atoms. The fraction of sp³-hybridized carbons (Fsp3) is 0.556. The summed E-state index contributed by atoms with van der Waals surface area (Å²) in [4.78, 5) is 10.8. The van der Waals surface area contributed by atoms with Crippen LogP contribution in [0.5, 0.6) is 0 Å². The fourth-order valence-electron chi connectivity index (χ4n) is 1.06. The molecule has 0 aliphatic heterocycles.